The van der Waals surface area contributed by atoms with Crippen molar-refractivity contribution in [2.45, 2.75) is 25.7 Å². The molecule has 0 fully saturated rings. The lowest BCUT2D eigenvalue weighted by molar-refractivity contribution is -0.116. The monoisotopic (exact) mass is 434 g/mol. The van der Waals surface area contributed by atoms with Crippen LogP contribution in [-0.4, -0.2) is 51.4 Å². The summed E-state index contributed by atoms with van der Waals surface area (Å²) in [6, 6.07) is 11.0. The Morgan fingerprint density at radius 2 is 1.73 bits per heavy atom. The number of carbonyl (C=O) groups is 2. The smallest absolute Gasteiger partial charge is 0.338 e. The summed E-state index contributed by atoms with van der Waals surface area (Å²) in [4.78, 5) is 24.2. The fourth-order valence-electron chi connectivity index (χ4n) is 2.76. The van der Waals surface area contributed by atoms with Crippen molar-refractivity contribution in [2.75, 3.05) is 32.1 Å². The van der Waals surface area contributed by atoms with Crippen molar-refractivity contribution in [3.63, 3.8) is 0 Å². The van der Waals surface area contributed by atoms with Crippen LogP contribution in [-0.2, 0) is 19.6 Å². The normalized spacial score (nSPS) is 11.2. The molecule has 0 aliphatic carbocycles. The van der Waals surface area contributed by atoms with Gasteiger partial charge < -0.3 is 14.8 Å². The average Bonchev–Trinajstić information content (AvgIpc) is 2.72. The highest BCUT2D eigenvalue weighted by atomic mass is 32.2. The first-order chi connectivity index (χ1) is 14.2. The fourth-order valence-corrected chi connectivity index (χ4v) is 4.40. The standard InChI is InChI=1S/C21H26N2O6S/c1-5-23(30(26,27)19-13-15(3)7-12-18(19)28-4)14-20(24)22-17-10-8-16(9-11-17)21(25)29-6-2/h7-13H,5-6,14H2,1-4H3,(H,22,24). The van der Waals surface area contributed by atoms with E-state index in [1.165, 1.54) is 25.3 Å². The molecule has 8 nitrogen and oxygen atoms in total. The lowest BCUT2D eigenvalue weighted by Gasteiger charge is -2.21. The number of rotatable bonds is 9. The first-order valence-corrected chi connectivity index (χ1v) is 10.9. The molecule has 2 rings (SSSR count). The topological polar surface area (TPSA) is 102 Å². The lowest BCUT2D eigenvalue weighted by Crippen LogP contribution is -2.38. The van der Waals surface area contributed by atoms with E-state index in [2.05, 4.69) is 5.32 Å². The molecule has 1 N–H and O–H groups in total. The number of sulfonamides is 1. The van der Waals surface area contributed by atoms with E-state index in [9.17, 15) is 18.0 Å². The molecule has 0 saturated carbocycles. The molecule has 0 unspecified atom stereocenters. The summed E-state index contributed by atoms with van der Waals surface area (Å²) in [5.74, 6) is -0.740. The van der Waals surface area contributed by atoms with Crippen molar-refractivity contribution in [2.24, 2.45) is 0 Å². The summed E-state index contributed by atoms with van der Waals surface area (Å²) < 4.78 is 37.3. The molecule has 9 heteroatoms. The van der Waals surface area contributed by atoms with E-state index in [1.807, 2.05) is 0 Å². The van der Waals surface area contributed by atoms with E-state index in [1.54, 1.807) is 45.0 Å². The molecule has 0 bridgehead atoms. The predicted molar refractivity (Wildman–Crippen MR) is 113 cm³/mol. The maximum Gasteiger partial charge on any atom is 0.338 e. The van der Waals surface area contributed by atoms with Crippen LogP contribution in [0.2, 0.25) is 0 Å². The third-order valence-electron chi connectivity index (χ3n) is 4.29. The Morgan fingerprint density at radius 3 is 2.30 bits per heavy atom. The number of hydrogen-bond donors (Lipinski definition) is 1. The number of methoxy groups -OCH3 is 1. The lowest BCUT2D eigenvalue weighted by atomic mass is 10.2. The van der Waals surface area contributed by atoms with Gasteiger partial charge in [0.25, 0.3) is 0 Å². The third-order valence-corrected chi connectivity index (χ3v) is 6.23. The van der Waals surface area contributed by atoms with Gasteiger partial charge in [-0.15, -0.1) is 0 Å². The molecule has 0 atom stereocenters. The Labute approximate surface area is 176 Å². The van der Waals surface area contributed by atoms with Crippen LogP contribution in [0, 0.1) is 6.92 Å². The van der Waals surface area contributed by atoms with Gasteiger partial charge >= 0.3 is 5.97 Å². The number of esters is 1. The van der Waals surface area contributed by atoms with Crippen molar-refractivity contribution in [3.8, 4) is 5.75 Å². The van der Waals surface area contributed by atoms with E-state index >= 15 is 0 Å². The van der Waals surface area contributed by atoms with Crippen molar-refractivity contribution in [1.29, 1.82) is 0 Å². The number of amides is 1. The van der Waals surface area contributed by atoms with Gasteiger partial charge in [0.05, 0.1) is 25.8 Å². The van der Waals surface area contributed by atoms with Crippen LogP contribution >= 0.6 is 0 Å². The van der Waals surface area contributed by atoms with Gasteiger partial charge in [-0.3, -0.25) is 4.79 Å². The molecular formula is C21H26N2O6S. The minimum atomic E-state index is -3.94. The average molecular weight is 435 g/mol. The summed E-state index contributed by atoms with van der Waals surface area (Å²) in [5.41, 5.74) is 1.56. The quantitative estimate of drug-likeness (QED) is 0.609. The molecule has 0 aliphatic heterocycles. The zero-order chi connectivity index (χ0) is 22.3. The van der Waals surface area contributed by atoms with Crippen molar-refractivity contribution < 1.29 is 27.5 Å². The van der Waals surface area contributed by atoms with Crippen LogP contribution in [0.25, 0.3) is 0 Å². The molecule has 162 valence electrons. The number of carbonyl (C=O) groups excluding carboxylic acids is 2. The van der Waals surface area contributed by atoms with Gasteiger partial charge in [0.15, 0.2) is 0 Å². The first-order valence-electron chi connectivity index (χ1n) is 9.44. The van der Waals surface area contributed by atoms with Gasteiger partial charge in [0.2, 0.25) is 15.9 Å². The number of aryl methyl sites for hydroxylation is 1. The number of nitrogens with one attached hydrogen (secondary N) is 1. The van der Waals surface area contributed by atoms with Crippen LogP contribution < -0.4 is 10.1 Å². The Morgan fingerprint density at radius 1 is 1.07 bits per heavy atom. The predicted octanol–water partition coefficient (Wildman–Crippen LogP) is 2.83. The van der Waals surface area contributed by atoms with Gasteiger partial charge in [-0.25, -0.2) is 13.2 Å². The summed E-state index contributed by atoms with van der Waals surface area (Å²) in [6.07, 6.45) is 0. The highest BCUT2D eigenvalue weighted by molar-refractivity contribution is 7.89. The van der Waals surface area contributed by atoms with Gasteiger partial charge in [-0.2, -0.15) is 4.31 Å². The SMILES string of the molecule is CCOC(=O)c1ccc(NC(=O)CN(CC)S(=O)(=O)c2cc(C)ccc2OC)cc1. The molecule has 1 amide bonds. The van der Waals surface area contributed by atoms with Crippen LogP contribution in [0.15, 0.2) is 47.4 Å². The van der Waals surface area contributed by atoms with E-state index < -0.39 is 21.9 Å². The second kappa shape index (κ2) is 10.2. The molecular weight excluding hydrogens is 408 g/mol. The van der Waals surface area contributed by atoms with Crippen LogP contribution in [0.3, 0.4) is 0 Å². The summed E-state index contributed by atoms with van der Waals surface area (Å²) in [5, 5.41) is 2.64. The molecule has 0 radical (unpaired) electrons. The Bertz CT molecular complexity index is 1000. The highest BCUT2D eigenvalue weighted by Gasteiger charge is 2.28. The van der Waals surface area contributed by atoms with Crippen molar-refractivity contribution >= 4 is 27.6 Å². The number of nitrogens with zero attached hydrogens (tertiary/aromatic N) is 1. The van der Waals surface area contributed by atoms with Gasteiger partial charge in [-0.1, -0.05) is 13.0 Å². The van der Waals surface area contributed by atoms with Crippen molar-refractivity contribution in [1.82, 2.24) is 4.31 Å². The van der Waals surface area contributed by atoms with Gasteiger partial charge in [0, 0.05) is 12.2 Å². The molecule has 0 aliphatic rings. The van der Waals surface area contributed by atoms with E-state index in [0.29, 0.717) is 11.3 Å². The van der Waals surface area contributed by atoms with E-state index in [4.69, 9.17) is 9.47 Å². The second-order valence-electron chi connectivity index (χ2n) is 6.43. The molecule has 0 saturated heterocycles. The molecule has 2 aromatic rings. The fraction of sp³-hybridized carbons (Fsp3) is 0.333. The van der Waals surface area contributed by atoms with Crippen LogP contribution in [0.4, 0.5) is 5.69 Å². The summed E-state index contributed by atoms with van der Waals surface area (Å²) in [7, 11) is -2.55. The molecule has 30 heavy (non-hydrogen) atoms. The largest absolute Gasteiger partial charge is 0.495 e. The van der Waals surface area contributed by atoms with Crippen LogP contribution in [0.1, 0.15) is 29.8 Å². The second-order valence-corrected chi connectivity index (χ2v) is 8.34. The van der Waals surface area contributed by atoms with Crippen molar-refractivity contribution in [3.05, 3.63) is 53.6 Å². The third kappa shape index (κ3) is 5.58. The van der Waals surface area contributed by atoms with Crippen LogP contribution in [0.5, 0.6) is 5.75 Å². The number of ether oxygens (including phenoxy) is 2. The molecule has 0 spiro atoms. The van der Waals surface area contributed by atoms with E-state index in [0.717, 1.165) is 9.87 Å². The zero-order valence-electron chi connectivity index (χ0n) is 17.5. The minimum absolute atomic E-state index is 0.0124. The molecule has 2 aromatic carbocycles. The first kappa shape index (κ1) is 23.4. The maximum absolute atomic E-state index is 13.1. The number of likely N-dealkylation sites (N-methyl/N-ethyl adjacent to an activating group) is 1. The van der Waals surface area contributed by atoms with E-state index in [-0.39, 0.29) is 30.3 Å². The number of benzene rings is 2. The minimum Gasteiger partial charge on any atom is -0.495 e. The molecule has 0 aromatic heterocycles. The highest BCUT2D eigenvalue weighted by Crippen LogP contribution is 2.27. The van der Waals surface area contributed by atoms with Gasteiger partial charge in [0.1, 0.15) is 10.6 Å². The summed E-state index contributed by atoms with van der Waals surface area (Å²) >= 11 is 0. The summed E-state index contributed by atoms with van der Waals surface area (Å²) in [6.45, 7) is 5.16. The maximum atomic E-state index is 13.1. The zero-order valence-corrected chi connectivity index (χ0v) is 18.3. The molecule has 0 heterocycles. The Hall–Kier alpha value is -2.91. The Balaban J connectivity index is 2.14. The number of anilines is 1. The number of hydrogen-bond acceptors (Lipinski definition) is 6. The Kier molecular flexibility index (Phi) is 7.96. The van der Waals surface area contributed by atoms with Gasteiger partial charge in [-0.05, 0) is 55.8 Å².